The fraction of sp³-hybridized carbons (Fsp3) is 0.125. The number of fused-ring (bicyclic) bond motifs is 1. The first-order valence-corrected chi connectivity index (χ1v) is 6.56. The van der Waals surface area contributed by atoms with Crippen LogP contribution in [0.15, 0.2) is 48.7 Å². The molecule has 0 saturated carbocycles. The monoisotopic (exact) mass is 304 g/mol. The van der Waals surface area contributed by atoms with E-state index in [1.807, 2.05) is 6.07 Å². The Morgan fingerprint density at radius 2 is 1.82 bits per heavy atom. The quantitative estimate of drug-likeness (QED) is 0.691. The first-order valence-electron chi connectivity index (χ1n) is 6.56. The number of benzene rings is 1. The van der Waals surface area contributed by atoms with Crippen LogP contribution in [0.4, 0.5) is 13.2 Å². The molecule has 0 aliphatic rings. The first-order chi connectivity index (χ1) is 10.5. The van der Waals surface area contributed by atoms with E-state index in [9.17, 15) is 18.0 Å². The molecule has 22 heavy (non-hydrogen) atoms. The number of pyridine rings is 1. The summed E-state index contributed by atoms with van der Waals surface area (Å²) in [5.74, 6) is 0.609. The number of alkyl halides is 3. The Balaban J connectivity index is 1.95. The molecule has 0 aliphatic carbocycles. The minimum Gasteiger partial charge on any atom is -0.296 e. The lowest BCUT2D eigenvalue weighted by Crippen LogP contribution is -2.05. The maximum Gasteiger partial charge on any atom is 0.416 e. The molecule has 0 bridgehead atoms. The molecule has 2 aromatic heterocycles. The summed E-state index contributed by atoms with van der Waals surface area (Å²) in [4.78, 5) is 15.4. The molecular weight excluding hydrogens is 293 g/mol. The Bertz CT molecular complexity index is 820. The molecule has 0 N–H and O–H groups in total. The largest absolute Gasteiger partial charge is 0.416 e. The third kappa shape index (κ3) is 2.59. The van der Waals surface area contributed by atoms with Crippen molar-refractivity contribution in [2.45, 2.75) is 12.6 Å². The van der Waals surface area contributed by atoms with Crippen LogP contribution in [0.25, 0.3) is 5.52 Å². The number of rotatable bonds is 3. The normalized spacial score (nSPS) is 11.8. The number of carbonyl (C=O) groups is 1. The number of carbonyl (C=O) groups excluding carboxylic acids is 1. The number of aromatic nitrogens is 2. The summed E-state index contributed by atoms with van der Waals surface area (Å²) in [7, 11) is 0. The third-order valence-electron chi connectivity index (χ3n) is 3.42. The van der Waals surface area contributed by atoms with E-state index in [1.54, 1.807) is 22.7 Å². The molecule has 0 spiro atoms. The number of hydrogen-bond acceptors (Lipinski definition) is 2. The van der Waals surface area contributed by atoms with Gasteiger partial charge in [-0.2, -0.15) is 13.2 Å². The van der Waals surface area contributed by atoms with Crippen LogP contribution in [0.2, 0.25) is 0 Å². The van der Waals surface area contributed by atoms with Crippen LogP contribution in [0.3, 0.4) is 0 Å². The van der Waals surface area contributed by atoms with Crippen molar-refractivity contribution in [3.63, 3.8) is 0 Å². The summed E-state index contributed by atoms with van der Waals surface area (Å²) in [6, 6.07) is 10.2. The minimum absolute atomic E-state index is 0.344. The second-order valence-corrected chi connectivity index (χ2v) is 4.87. The summed E-state index contributed by atoms with van der Waals surface area (Å²) in [6.45, 7) is 0. The van der Waals surface area contributed by atoms with Crippen molar-refractivity contribution in [2.75, 3.05) is 0 Å². The molecule has 0 unspecified atom stereocenters. The molecule has 0 aliphatic heterocycles. The molecule has 3 aromatic rings. The molecule has 3 nitrogen and oxygen atoms in total. The van der Waals surface area contributed by atoms with E-state index in [4.69, 9.17) is 0 Å². The highest BCUT2D eigenvalue weighted by Gasteiger charge is 2.29. The van der Waals surface area contributed by atoms with Crippen LogP contribution in [0.1, 0.15) is 27.4 Å². The maximum absolute atomic E-state index is 12.5. The van der Waals surface area contributed by atoms with Crippen LogP contribution >= 0.6 is 0 Å². The van der Waals surface area contributed by atoms with Crippen LogP contribution in [0, 0.1) is 0 Å². The van der Waals surface area contributed by atoms with Crippen molar-refractivity contribution in [2.24, 2.45) is 0 Å². The molecule has 112 valence electrons. The zero-order valence-corrected chi connectivity index (χ0v) is 11.3. The van der Waals surface area contributed by atoms with Crippen LogP contribution < -0.4 is 0 Å². The topological polar surface area (TPSA) is 34.4 Å². The van der Waals surface area contributed by atoms with E-state index in [2.05, 4.69) is 4.98 Å². The Morgan fingerprint density at radius 1 is 1.09 bits per heavy atom. The van der Waals surface area contributed by atoms with Crippen molar-refractivity contribution in [1.82, 2.24) is 9.38 Å². The van der Waals surface area contributed by atoms with Gasteiger partial charge in [0.1, 0.15) is 5.82 Å². The predicted octanol–water partition coefficient (Wildman–Crippen LogP) is 3.76. The van der Waals surface area contributed by atoms with Gasteiger partial charge in [0, 0.05) is 6.42 Å². The standard InChI is InChI=1S/C16H11F3N2O/c17-16(18,19)12-6-4-11(5-7-12)8-15-20-9-13-2-1-3-14(10-22)21(13)15/h1-7,9-10H,8H2. The van der Waals surface area contributed by atoms with Gasteiger partial charge in [-0.25, -0.2) is 4.98 Å². The number of hydrogen-bond donors (Lipinski definition) is 0. The fourth-order valence-electron chi connectivity index (χ4n) is 2.35. The van der Waals surface area contributed by atoms with Gasteiger partial charge in [0.15, 0.2) is 6.29 Å². The summed E-state index contributed by atoms with van der Waals surface area (Å²) >= 11 is 0. The van der Waals surface area contributed by atoms with Crippen molar-refractivity contribution >= 4 is 11.8 Å². The number of imidazole rings is 1. The van der Waals surface area contributed by atoms with Gasteiger partial charge in [0.2, 0.25) is 0 Å². The Kier molecular flexibility index (Phi) is 3.44. The van der Waals surface area contributed by atoms with Gasteiger partial charge in [0.25, 0.3) is 0 Å². The highest BCUT2D eigenvalue weighted by Crippen LogP contribution is 2.29. The SMILES string of the molecule is O=Cc1cccc2cnc(Cc3ccc(C(F)(F)F)cc3)n12. The number of aldehydes is 1. The van der Waals surface area contributed by atoms with Crippen molar-refractivity contribution in [3.8, 4) is 0 Å². The predicted molar refractivity (Wildman–Crippen MR) is 74.8 cm³/mol. The molecule has 6 heteroatoms. The van der Waals surface area contributed by atoms with Crippen LogP contribution in [-0.4, -0.2) is 15.7 Å². The van der Waals surface area contributed by atoms with Gasteiger partial charge in [-0.1, -0.05) is 18.2 Å². The van der Waals surface area contributed by atoms with Crippen molar-refractivity contribution < 1.29 is 18.0 Å². The van der Waals surface area contributed by atoms with Crippen molar-refractivity contribution in [3.05, 3.63) is 71.3 Å². The van der Waals surface area contributed by atoms with Crippen LogP contribution in [-0.2, 0) is 12.6 Å². The van der Waals surface area contributed by atoms with E-state index in [1.165, 1.54) is 12.1 Å². The highest BCUT2D eigenvalue weighted by atomic mass is 19.4. The van der Waals surface area contributed by atoms with Gasteiger partial charge in [-0.05, 0) is 29.8 Å². The van der Waals surface area contributed by atoms with E-state index >= 15 is 0 Å². The molecule has 0 saturated heterocycles. The van der Waals surface area contributed by atoms with Crippen molar-refractivity contribution in [1.29, 1.82) is 0 Å². The minimum atomic E-state index is -4.34. The van der Waals surface area contributed by atoms with Gasteiger partial charge in [0.05, 0.1) is 23.0 Å². The number of nitrogens with zero attached hydrogens (tertiary/aromatic N) is 2. The average Bonchev–Trinajstić information content (AvgIpc) is 2.90. The van der Waals surface area contributed by atoms with E-state index in [-0.39, 0.29) is 0 Å². The Labute approximate surface area is 124 Å². The van der Waals surface area contributed by atoms with E-state index in [0.29, 0.717) is 23.5 Å². The lowest BCUT2D eigenvalue weighted by atomic mass is 10.1. The molecule has 0 amide bonds. The molecule has 0 atom stereocenters. The van der Waals surface area contributed by atoms with Gasteiger partial charge >= 0.3 is 6.18 Å². The average molecular weight is 304 g/mol. The highest BCUT2D eigenvalue weighted by molar-refractivity contribution is 5.74. The zero-order chi connectivity index (χ0) is 15.7. The molecule has 0 fully saturated rings. The molecular formula is C16H11F3N2O. The molecule has 1 aromatic carbocycles. The third-order valence-corrected chi connectivity index (χ3v) is 3.42. The Hall–Kier alpha value is -2.63. The lowest BCUT2D eigenvalue weighted by molar-refractivity contribution is -0.137. The van der Waals surface area contributed by atoms with Crippen LogP contribution in [0.5, 0.6) is 0 Å². The summed E-state index contributed by atoms with van der Waals surface area (Å²) in [5.41, 5.74) is 1.24. The fourth-order valence-corrected chi connectivity index (χ4v) is 2.35. The smallest absolute Gasteiger partial charge is 0.296 e. The summed E-state index contributed by atoms with van der Waals surface area (Å²) in [6.07, 6.45) is -1.64. The Morgan fingerprint density at radius 3 is 2.45 bits per heavy atom. The summed E-state index contributed by atoms with van der Waals surface area (Å²) < 4.78 is 39.3. The van der Waals surface area contributed by atoms with E-state index < -0.39 is 11.7 Å². The van der Waals surface area contributed by atoms with E-state index in [0.717, 1.165) is 23.9 Å². The van der Waals surface area contributed by atoms with Gasteiger partial charge in [-0.15, -0.1) is 0 Å². The zero-order valence-electron chi connectivity index (χ0n) is 11.3. The molecule has 3 rings (SSSR count). The second kappa shape index (κ2) is 5.29. The summed E-state index contributed by atoms with van der Waals surface area (Å²) in [5, 5.41) is 0. The molecule has 2 heterocycles. The molecule has 0 radical (unpaired) electrons. The second-order valence-electron chi connectivity index (χ2n) is 4.87. The van der Waals surface area contributed by atoms with Gasteiger partial charge in [-0.3, -0.25) is 9.20 Å². The number of halogens is 3. The lowest BCUT2D eigenvalue weighted by Gasteiger charge is -2.08. The first kappa shape index (κ1) is 14.3. The maximum atomic E-state index is 12.5. The van der Waals surface area contributed by atoms with Gasteiger partial charge < -0.3 is 0 Å².